The Hall–Kier alpha value is -3.28. The minimum atomic E-state index is -0.301. The highest BCUT2D eigenvalue weighted by atomic mass is 16.3. The molecule has 0 saturated carbocycles. The van der Waals surface area contributed by atoms with Crippen LogP contribution in [-0.4, -0.2) is 11.9 Å². The first-order valence-corrected chi connectivity index (χ1v) is 9.49. The standard InChI is InChI=1S/C22H23N3O3/c1-13-17-7-3-4-8-19(17)28-21(13)14(2)23-22(27)24-16-10-11-18-15(12-16)6-5-9-20(26)25-18/h3-4,7-8,10-12,14H,5-6,9H2,1-2H3,(H,25,26)(H2,23,24,27)/t14-/m1/s1. The molecule has 3 aromatic rings. The number of fused-ring (bicyclic) bond motifs is 2. The second-order valence-electron chi connectivity index (χ2n) is 7.18. The Kier molecular flexibility index (Phi) is 4.77. The Morgan fingerprint density at radius 3 is 2.82 bits per heavy atom. The van der Waals surface area contributed by atoms with E-state index < -0.39 is 0 Å². The zero-order valence-electron chi connectivity index (χ0n) is 16.0. The molecular weight excluding hydrogens is 354 g/mol. The number of aryl methyl sites for hydroxylation is 2. The van der Waals surface area contributed by atoms with Crippen LogP contribution in [0.4, 0.5) is 16.2 Å². The van der Waals surface area contributed by atoms with Crippen molar-refractivity contribution in [3.63, 3.8) is 0 Å². The van der Waals surface area contributed by atoms with E-state index in [4.69, 9.17) is 4.42 Å². The lowest BCUT2D eigenvalue weighted by molar-refractivity contribution is -0.116. The van der Waals surface area contributed by atoms with Crippen LogP contribution in [0, 0.1) is 6.92 Å². The summed E-state index contributed by atoms with van der Waals surface area (Å²) in [5.41, 5.74) is 4.39. The molecule has 6 nitrogen and oxygen atoms in total. The fraction of sp³-hybridized carbons (Fsp3) is 0.273. The van der Waals surface area contributed by atoms with E-state index in [0.717, 1.165) is 46.4 Å². The van der Waals surface area contributed by atoms with Crippen LogP contribution in [0.15, 0.2) is 46.9 Å². The first kappa shape index (κ1) is 18.1. The average molecular weight is 377 g/mol. The van der Waals surface area contributed by atoms with Crippen LogP contribution < -0.4 is 16.0 Å². The molecule has 0 aliphatic carbocycles. The average Bonchev–Trinajstić information content (AvgIpc) is 2.89. The van der Waals surface area contributed by atoms with Crippen LogP contribution in [0.1, 0.15) is 42.7 Å². The van der Waals surface area contributed by atoms with Gasteiger partial charge in [0.1, 0.15) is 11.3 Å². The van der Waals surface area contributed by atoms with Gasteiger partial charge in [0.15, 0.2) is 0 Å². The maximum absolute atomic E-state index is 12.5. The largest absolute Gasteiger partial charge is 0.459 e. The number of furan rings is 1. The molecule has 0 bridgehead atoms. The molecule has 0 fully saturated rings. The highest BCUT2D eigenvalue weighted by molar-refractivity contribution is 5.94. The smallest absolute Gasteiger partial charge is 0.319 e. The summed E-state index contributed by atoms with van der Waals surface area (Å²) in [5, 5.41) is 9.76. The van der Waals surface area contributed by atoms with Crippen molar-refractivity contribution < 1.29 is 14.0 Å². The summed E-state index contributed by atoms with van der Waals surface area (Å²) in [6, 6.07) is 12.8. The maximum atomic E-state index is 12.5. The Balaban J connectivity index is 1.46. The van der Waals surface area contributed by atoms with Gasteiger partial charge in [-0.3, -0.25) is 4.79 Å². The first-order valence-electron chi connectivity index (χ1n) is 9.49. The molecule has 4 rings (SSSR count). The molecule has 2 heterocycles. The number of amides is 3. The van der Waals surface area contributed by atoms with Gasteiger partial charge in [0.2, 0.25) is 5.91 Å². The molecule has 28 heavy (non-hydrogen) atoms. The second-order valence-corrected chi connectivity index (χ2v) is 7.18. The van der Waals surface area contributed by atoms with Gasteiger partial charge in [-0.25, -0.2) is 4.79 Å². The van der Waals surface area contributed by atoms with Crippen LogP contribution >= 0.6 is 0 Å². The highest BCUT2D eigenvalue weighted by Crippen LogP contribution is 2.29. The fourth-order valence-electron chi connectivity index (χ4n) is 3.69. The van der Waals surface area contributed by atoms with Crippen LogP contribution in [0.3, 0.4) is 0 Å². The van der Waals surface area contributed by atoms with Crippen molar-refractivity contribution in [1.29, 1.82) is 0 Å². The Labute approximate surface area is 163 Å². The van der Waals surface area contributed by atoms with Gasteiger partial charge >= 0.3 is 6.03 Å². The van der Waals surface area contributed by atoms with E-state index in [-0.39, 0.29) is 18.0 Å². The van der Waals surface area contributed by atoms with Crippen molar-refractivity contribution in [2.24, 2.45) is 0 Å². The number of para-hydroxylation sites is 1. The third-order valence-electron chi connectivity index (χ3n) is 5.11. The van der Waals surface area contributed by atoms with Gasteiger partial charge in [-0.05, 0) is 56.5 Å². The number of urea groups is 1. The lowest BCUT2D eigenvalue weighted by atomic mass is 10.1. The third-order valence-corrected chi connectivity index (χ3v) is 5.11. The molecule has 1 aliphatic rings. The number of benzene rings is 2. The van der Waals surface area contributed by atoms with Crippen LogP contribution in [0.25, 0.3) is 11.0 Å². The fourth-order valence-corrected chi connectivity index (χ4v) is 3.69. The van der Waals surface area contributed by atoms with Crippen molar-refractivity contribution in [3.05, 3.63) is 59.4 Å². The molecule has 1 aliphatic heterocycles. The minimum absolute atomic E-state index is 0.0345. The summed E-state index contributed by atoms with van der Waals surface area (Å²) >= 11 is 0. The van der Waals surface area contributed by atoms with Gasteiger partial charge in [0.25, 0.3) is 0 Å². The van der Waals surface area contributed by atoms with Gasteiger partial charge in [-0.2, -0.15) is 0 Å². The normalized spacial score (nSPS) is 14.7. The van der Waals surface area contributed by atoms with Gasteiger partial charge in [0.05, 0.1) is 6.04 Å². The number of nitrogens with one attached hydrogen (secondary N) is 3. The van der Waals surface area contributed by atoms with E-state index in [1.807, 2.05) is 50.2 Å². The summed E-state index contributed by atoms with van der Waals surface area (Å²) in [4.78, 5) is 24.1. The lowest BCUT2D eigenvalue weighted by Gasteiger charge is -2.15. The van der Waals surface area contributed by atoms with Crippen LogP contribution in [-0.2, 0) is 11.2 Å². The molecule has 144 valence electrons. The molecule has 2 aromatic carbocycles. The second kappa shape index (κ2) is 7.38. The Bertz CT molecular complexity index is 1050. The van der Waals surface area contributed by atoms with E-state index >= 15 is 0 Å². The number of hydrogen-bond acceptors (Lipinski definition) is 3. The van der Waals surface area contributed by atoms with Crippen LogP contribution in [0.2, 0.25) is 0 Å². The Morgan fingerprint density at radius 1 is 1.18 bits per heavy atom. The van der Waals surface area contributed by atoms with Gasteiger partial charge in [-0.15, -0.1) is 0 Å². The quantitative estimate of drug-likeness (QED) is 0.607. The maximum Gasteiger partial charge on any atom is 0.319 e. The van der Waals surface area contributed by atoms with E-state index in [9.17, 15) is 9.59 Å². The lowest BCUT2D eigenvalue weighted by Crippen LogP contribution is -2.31. The number of anilines is 2. The minimum Gasteiger partial charge on any atom is -0.459 e. The predicted molar refractivity (Wildman–Crippen MR) is 110 cm³/mol. The molecule has 1 aromatic heterocycles. The van der Waals surface area contributed by atoms with Crippen molar-refractivity contribution in [2.45, 2.75) is 39.2 Å². The topological polar surface area (TPSA) is 83.4 Å². The number of hydrogen-bond donors (Lipinski definition) is 3. The van der Waals surface area contributed by atoms with Crippen molar-refractivity contribution in [2.75, 3.05) is 10.6 Å². The van der Waals surface area contributed by atoms with Crippen LogP contribution in [0.5, 0.6) is 0 Å². The van der Waals surface area contributed by atoms with Crippen molar-refractivity contribution >= 4 is 34.3 Å². The zero-order chi connectivity index (χ0) is 19.7. The highest BCUT2D eigenvalue weighted by Gasteiger charge is 2.19. The zero-order valence-corrected chi connectivity index (χ0v) is 16.0. The van der Waals surface area contributed by atoms with Crippen molar-refractivity contribution in [3.8, 4) is 0 Å². The SMILES string of the molecule is Cc1c([C@@H](C)NC(=O)Nc2ccc3c(c2)CCCC(=O)N3)oc2ccccc12. The summed E-state index contributed by atoms with van der Waals surface area (Å²) < 4.78 is 5.93. The van der Waals surface area contributed by atoms with E-state index in [1.54, 1.807) is 6.07 Å². The molecular formula is C22H23N3O3. The molecule has 1 atom stereocenters. The Morgan fingerprint density at radius 2 is 2.00 bits per heavy atom. The number of carbonyl (C=O) groups excluding carboxylic acids is 2. The molecule has 0 spiro atoms. The van der Waals surface area contributed by atoms with Gasteiger partial charge < -0.3 is 20.4 Å². The van der Waals surface area contributed by atoms with Gasteiger partial charge in [0, 0.05) is 28.7 Å². The molecule has 3 N–H and O–H groups in total. The first-order chi connectivity index (χ1) is 13.5. The molecule has 6 heteroatoms. The van der Waals surface area contributed by atoms with Gasteiger partial charge in [-0.1, -0.05) is 18.2 Å². The molecule has 3 amide bonds. The van der Waals surface area contributed by atoms with E-state index in [2.05, 4.69) is 16.0 Å². The third kappa shape index (κ3) is 3.58. The summed E-state index contributed by atoms with van der Waals surface area (Å²) in [6.07, 6.45) is 2.13. The predicted octanol–water partition coefficient (Wildman–Crippen LogP) is 4.90. The van der Waals surface area contributed by atoms with E-state index in [0.29, 0.717) is 12.1 Å². The molecule has 0 unspecified atom stereocenters. The van der Waals surface area contributed by atoms with Crippen molar-refractivity contribution in [1.82, 2.24) is 5.32 Å². The molecule has 0 radical (unpaired) electrons. The van der Waals surface area contributed by atoms with E-state index in [1.165, 1.54) is 0 Å². The number of carbonyl (C=O) groups is 2. The summed E-state index contributed by atoms with van der Waals surface area (Å²) in [5.74, 6) is 0.785. The molecule has 0 saturated heterocycles. The monoisotopic (exact) mass is 377 g/mol. The summed E-state index contributed by atoms with van der Waals surface area (Å²) in [7, 11) is 0. The number of rotatable bonds is 3. The summed E-state index contributed by atoms with van der Waals surface area (Å²) in [6.45, 7) is 3.90.